The van der Waals surface area contributed by atoms with Crippen LogP contribution in [0.4, 0.5) is 5.69 Å². The predicted octanol–water partition coefficient (Wildman–Crippen LogP) is 3.23. The minimum Gasteiger partial charge on any atom is -0.379 e. The molecule has 1 aliphatic carbocycles. The Bertz CT molecular complexity index is 712. The fourth-order valence-corrected chi connectivity index (χ4v) is 5.25. The van der Waals surface area contributed by atoms with E-state index in [2.05, 4.69) is 51.6 Å². The lowest BCUT2D eigenvalue weighted by atomic mass is 9.80. The lowest BCUT2D eigenvalue weighted by molar-refractivity contribution is -0.0352. The molecular weight excluding hydrogens is 529 g/mol. The molecule has 0 bridgehead atoms. The molecule has 1 aromatic carbocycles. The number of morpholine rings is 2. The van der Waals surface area contributed by atoms with Gasteiger partial charge in [-0.3, -0.25) is 4.90 Å². The second-order valence-electron chi connectivity index (χ2n) is 9.20. The zero-order chi connectivity index (χ0) is 22.1. The average molecular weight is 572 g/mol. The first-order chi connectivity index (χ1) is 15.8. The fraction of sp³-hybridized carbons (Fsp3) is 0.720. The third-order valence-electron chi connectivity index (χ3n) is 7.13. The van der Waals surface area contributed by atoms with Crippen molar-refractivity contribution in [2.45, 2.75) is 51.1 Å². The first-order valence-electron chi connectivity index (χ1n) is 12.6. The molecule has 2 heterocycles. The number of nitrogens with zero attached hydrogens (tertiary/aromatic N) is 3. The van der Waals surface area contributed by atoms with Crippen molar-refractivity contribution in [1.82, 2.24) is 15.5 Å². The number of nitrogens with one attached hydrogen (secondary N) is 2. The van der Waals surface area contributed by atoms with Gasteiger partial charge in [-0.2, -0.15) is 0 Å². The van der Waals surface area contributed by atoms with E-state index < -0.39 is 0 Å². The molecule has 1 aromatic rings. The molecule has 7 nitrogen and oxygen atoms in total. The van der Waals surface area contributed by atoms with Crippen LogP contribution in [0.1, 0.15) is 44.6 Å². The molecule has 2 aliphatic heterocycles. The summed E-state index contributed by atoms with van der Waals surface area (Å²) in [6.07, 6.45) is 6.54. The van der Waals surface area contributed by atoms with Crippen molar-refractivity contribution in [2.75, 3.05) is 70.6 Å². The first kappa shape index (κ1) is 26.5. The molecule has 0 amide bonds. The second-order valence-corrected chi connectivity index (χ2v) is 9.20. The highest BCUT2D eigenvalue weighted by atomic mass is 127. The number of rotatable bonds is 7. The van der Waals surface area contributed by atoms with Crippen LogP contribution in [0.5, 0.6) is 0 Å². The van der Waals surface area contributed by atoms with Crippen LogP contribution >= 0.6 is 24.0 Å². The summed E-state index contributed by atoms with van der Waals surface area (Å²) in [5, 5.41) is 7.15. The maximum Gasteiger partial charge on any atom is 0.191 e. The van der Waals surface area contributed by atoms with Gasteiger partial charge in [-0.1, -0.05) is 31.4 Å². The summed E-state index contributed by atoms with van der Waals surface area (Å²) in [6, 6.07) is 8.83. The van der Waals surface area contributed by atoms with Crippen molar-refractivity contribution in [2.24, 2.45) is 4.99 Å². The van der Waals surface area contributed by atoms with Gasteiger partial charge in [0.1, 0.15) is 0 Å². The Morgan fingerprint density at radius 2 is 1.55 bits per heavy atom. The number of guanidine groups is 1. The predicted molar refractivity (Wildman–Crippen MR) is 146 cm³/mol. The van der Waals surface area contributed by atoms with Crippen molar-refractivity contribution < 1.29 is 9.47 Å². The van der Waals surface area contributed by atoms with E-state index in [0.717, 1.165) is 71.7 Å². The average Bonchev–Trinajstić information content (AvgIpc) is 2.88. The van der Waals surface area contributed by atoms with Crippen molar-refractivity contribution in [1.29, 1.82) is 0 Å². The molecule has 4 rings (SSSR count). The molecule has 1 saturated carbocycles. The maximum absolute atomic E-state index is 5.63. The Hall–Kier alpha value is -1.10. The molecule has 186 valence electrons. The Labute approximate surface area is 216 Å². The van der Waals surface area contributed by atoms with Crippen LogP contribution in [-0.2, 0) is 16.0 Å². The molecule has 3 fully saturated rings. The quantitative estimate of drug-likeness (QED) is 0.298. The summed E-state index contributed by atoms with van der Waals surface area (Å²) >= 11 is 0. The number of hydrogen-bond acceptors (Lipinski definition) is 5. The number of benzene rings is 1. The molecule has 0 spiro atoms. The highest BCUT2D eigenvalue weighted by Gasteiger charge is 2.38. The maximum atomic E-state index is 5.63. The van der Waals surface area contributed by atoms with Crippen LogP contribution in [0, 0.1) is 0 Å². The van der Waals surface area contributed by atoms with Crippen LogP contribution < -0.4 is 15.5 Å². The fourth-order valence-electron chi connectivity index (χ4n) is 5.25. The highest BCUT2D eigenvalue weighted by molar-refractivity contribution is 14.0. The number of ether oxygens (including phenoxy) is 2. The van der Waals surface area contributed by atoms with Gasteiger partial charge in [0.15, 0.2) is 5.96 Å². The Morgan fingerprint density at radius 1 is 0.909 bits per heavy atom. The molecule has 0 aromatic heterocycles. The van der Waals surface area contributed by atoms with Gasteiger partial charge >= 0.3 is 0 Å². The number of hydrogen-bond donors (Lipinski definition) is 2. The summed E-state index contributed by atoms with van der Waals surface area (Å²) in [5.41, 5.74) is 2.74. The van der Waals surface area contributed by atoms with Crippen molar-refractivity contribution >= 4 is 35.6 Å². The lowest BCUT2D eigenvalue weighted by Gasteiger charge is -2.48. The number of anilines is 1. The van der Waals surface area contributed by atoms with Gasteiger partial charge in [-0.05, 0) is 37.5 Å². The monoisotopic (exact) mass is 571 g/mol. The zero-order valence-electron chi connectivity index (χ0n) is 20.2. The molecule has 3 aliphatic rings. The van der Waals surface area contributed by atoms with E-state index in [1.807, 2.05) is 0 Å². The van der Waals surface area contributed by atoms with Gasteiger partial charge in [0, 0.05) is 50.5 Å². The molecule has 2 saturated heterocycles. The number of aliphatic imine (C=N–C) groups is 1. The summed E-state index contributed by atoms with van der Waals surface area (Å²) in [6.45, 7) is 12.0. The van der Waals surface area contributed by atoms with Crippen LogP contribution in [0.25, 0.3) is 0 Å². The highest BCUT2D eigenvalue weighted by Crippen LogP contribution is 2.33. The standard InChI is InChI=1S/C25H41N5O2.HI/c1-2-26-24(27-20-22-6-8-23(9-7-22)29-12-16-31-17-13-29)28-21-25(10-4-3-5-11-25)30-14-18-32-19-15-30;/h6-9H,2-5,10-21H2,1H3,(H2,26,27,28);1H. The van der Waals surface area contributed by atoms with Crippen molar-refractivity contribution in [3.63, 3.8) is 0 Å². The van der Waals surface area contributed by atoms with E-state index in [1.165, 1.54) is 43.4 Å². The number of halogens is 1. The molecule has 33 heavy (non-hydrogen) atoms. The largest absolute Gasteiger partial charge is 0.379 e. The van der Waals surface area contributed by atoms with E-state index in [9.17, 15) is 0 Å². The topological polar surface area (TPSA) is 61.4 Å². The van der Waals surface area contributed by atoms with Gasteiger partial charge in [-0.15, -0.1) is 24.0 Å². The lowest BCUT2D eigenvalue weighted by Crippen LogP contribution is -2.60. The van der Waals surface area contributed by atoms with Gasteiger partial charge in [0.25, 0.3) is 0 Å². The summed E-state index contributed by atoms with van der Waals surface area (Å²) in [7, 11) is 0. The van der Waals surface area contributed by atoms with Crippen LogP contribution in [0.3, 0.4) is 0 Å². The minimum atomic E-state index is 0. The molecule has 0 atom stereocenters. The minimum absolute atomic E-state index is 0. The Kier molecular flexibility index (Phi) is 11.0. The van der Waals surface area contributed by atoms with E-state index in [4.69, 9.17) is 14.5 Å². The SMILES string of the molecule is CCNC(=NCc1ccc(N2CCOCC2)cc1)NCC1(N2CCOCC2)CCCCC1.I. The van der Waals surface area contributed by atoms with Crippen LogP contribution in [0.15, 0.2) is 29.3 Å². The Morgan fingerprint density at radius 3 is 2.18 bits per heavy atom. The summed E-state index contributed by atoms with van der Waals surface area (Å²) < 4.78 is 11.1. The van der Waals surface area contributed by atoms with Gasteiger partial charge in [0.05, 0.1) is 33.0 Å². The zero-order valence-corrected chi connectivity index (χ0v) is 22.5. The second kappa shape index (κ2) is 13.7. The normalized spacial score (nSPS) is 21.8. The van der Waals surface area contributed by atoms with E-state index >= 15 is 0 Å². The van der Waals surface area contributed by atoms with E-state index in [1.54, 1.807) is 0 Å². The Balaban J connectivity index is 0.00000306. The van der Waals surface area contributed by atoms with Gasteiger partial charge in [0.2, 0.25) is 0 Å². The molecule has 0 unspecified atom stereocenters. The summed E-state index contributed by atoms with van der Waals surface area (Å²) in [4.78, 5) is 9.97. The van der Waals surface area contributed by atoms with E-state index in [-0.39, 0.29) is 29.5 Å². The molecule has 2 N–H and O–H groups in total. The summed E-state index contributed by atoms with van der Waals surface area (Å²) in [5.74, 6) is 0.919. The van der Waals surface area contributed by atoms with Crippen molar-refractivity contribution in [3.8, 4) is 0 Å². The molecule has 0 radical (unpaired) electrons. The van der Waals surface area contributed by atoms with Crippen LogP contribution in [0.2, 0.25) is 0 Å². The van der Waals surface area contributed by atoms with E-state index in [0.29, 0.717) is 6.54 Å². The van der Waals surface area contributed by atoms with Crippen LogP contribution in [-0.4, -0.2) is 82.1 Å². The smallest absolute Gasteiger partial charge is 0.191 e. The third-order valence-corrected chi connectivity index (χ3v) is 7.13. The van der Waals surface area contributed by atoms with Gasteiger partial charge < -0.3 is 25.0 Å². The van der Waals surface area contributed by atoms with Crippen molar-refractivity contribution in [3.05, 3.63) is 29.8 Å². The molecular formula is C25H42IN5O2. The third kappa shape index (κ3) is 7.44. The first-order valence-corrected chi connectivity index (χ1v) is 12.6. The molecule has 8 heteroatoms. The van der Waals surface area contributed by atoms with Gasteiger partial charge in [-0.25, -0.2) is 4.99 Å².